The standard InChI is InChI=1S/C18H16N2O7/c1-12(17(21)13-5-3-2-4-6-13)7-8-27-18(22)14-9-15(19(23)24)11-16(10-14)20(25)26/h2-6,9-12H,7-8H2,1H3/t12-/m0/s1. The first-order chi connectivity index (χ1) is 12.8. The summed E-state index contributed by atoms with van der Waals surface area (Å²) < 4.78 is 5.02. The van der Waals surface area contributed by atoms with Crippen LogP contribution in [-0.4, -0.2) is 28.2 Å². The number of ketones is 1. The van der Waals surface area contributed by atoms with Crippen LogP contribution in [0.3, 0.4) is 0 Å². The predicted molar refractivity (Wildman–Crippen MR) is 94.6 cm³/mol. The number of rotatable bonds is 8. The topological polar surface area (TPSA) is 130 Å². The second-order valence-corrected chi connectivity index (χ2v) is 5.81. The Morgan fingerprint density at radius 1 is 0.963 bits per heavy atom. The average molecular weight is 372 g/mol. The summed E-state index contributed by atoms with van der Waals surface area (Å²) in [5, 5.41) is 21.7. The predicted octanol–water partition coefficient (Wildman–Crippen LogP) is 3.57. The lowest BCUT2D eigenvalue weighted by molar-refractivity contribution is -0.394. The fraction of sp³-hybridized carbons (Fsp3) is 0.222. The summed E-state index contributed by atoms with van der Waals surface area (Å²) in [5.41, 5.74) is -0.906. The molecule has 27 heavy (non-hydrogen) atoms. The highest BCUT2D eigenvalue weighted by Crippen LogP contribution is 2.23. The first-order valence-corrected chi connectivity index (χ1v) is 8.00. The highest BCUT2D eigenvalue weighted by Gasteiger charge is 2.21. The maximum absolute atomic E-state index is 12.2. The fourth-order valence-electron chi connectivity index (χ4n) is 2.35. The van der Waals surface area contributed by atoms with Gasteiger partial charge in [0.05, 0.1) is 28.1 Å². The number of Topliss-reactive ketones (excluding diaryl/α,β-unsaturated/α-hetero) is 1. The summed E-state index contributed by atoms with van der Waals surface area (Å²) in [4.78, 5) is 44.4. The van der Waals surface area contributed by atoms with Crippen molar-refractivity contribution >= 4 is 23.1 Å². The van der Waals surface area contributed by atoms with Gasteiger partial charge in [0, 0.05) is 23.6 Å². The van der Waals surface area contributed by atoms with Gasteiger partial charge in [-0.2, -0.15) is 0 Å². The van der Waals surface area contributed by atoms with Gasteiger partial charge in [0.1, 0.15) is 0 Å². The van der Waals surface area contributed by atoms with E-state index in [2.05, 4.69) is 0 Å². The Labute approximate surface area is 153 Å². The van der Waals surface area contributed by atoms with Crippen LogP contribution in [0.5, 0.6) is 0 Å². The van der Waals surface area contributed by atoms with Gasteiger partial charge < -0.3 is 4.74 Å². The molecule has 0 aliphatic carbocycles. The Morgan fingerprint density at radius 3 is 2.04 bits per heavy atom. The van der Waals surface area contributed by atoms with E-state index in [4.69, 9.17) is 4.74 Å². The number of non-ortho nitro benzene ring substituents is 2. The average Bonchev–Trinajstić information content (AvgIpc) is 2.67. The van der Waals surface area contributed by atoms with E-state index in [9.17, 15) is 29.8 Å². The van der Waals surface area contributed by atoms with Crippen LogP contribution in [0.2, 0.25) is 0 Å². The third-order valence-corrected chi connectivity index (χ3v) is 3.85. The molecular weight excluding hydrogens is 356 g/mol. The molecule has 0 spiro atoms. The number of benzene rings is 2. The van der Waals surface area contributed by atoms with Crippen molar-refractivity contribution in [3.63, 3.8) is 0 Å². The van der Waals surface area contributed by atoms with Crippen LogP contribution in [0, 0.1) is 26.1 Å². The summed E-state index contributed by atoms with van der Waals surface area (Å²) >= 11 is 0. The third-order valence-electron chi connectivity index (χ3n) is 3.85. The molecule has 0 amide bonds. The molecule has 0 aromatic heterocycles. The van der Waals surface area contributed by atoms with Crippen LogP contribution >= 0.6 is 0 Å². The Bertz CT molecular complexity index is 848. The van der Waals surface area contributed by atoms with Crippen LogP contribution in [0.25, 0.3) is 0 Å². The quantitative estimate of drug-likeness (QED) is 0.300. The smallest absolute Gasteiger partial charge is 0.338 e. The highest BCUT2D eigenvalue weighted by atomic mass is 16.6. The van der Waals surface area contributed by atoms with E-state index in [0.29, 0.717) is 5.56 Å². The van der Waals surface area contributed by atoms with Gasteiger partial charge in [-0.1, -0.05) is 37.3 Å². The van der Waals surface area contributed by atoms with Crippen molar-refractivity contribution < 1.29 is 24.2 Å². The minimum absolute atomic E-state index is 0.0994. The Balaban J connectivity index is 2.00. The van der Waals surface area contributed by atoms with E-state index >= 15 is 0 Å². The van der Waals surface area contributed by atoms with Crippen molar-refractivity contribution in [1.29, 1.82) is 0 Å². The lowest BCUT2D eigenvalue weighted by Crippen LogP contribution is -2.15. The molecule has 9 heteroatoms. The Morgan fingerprint density at radius 2 is 1.52 bits per heavy atom. The van der Waals surface area contributed by atoms with E-state index in [0.717, 1.165) is 18.2 Å². The van der Waals surface area contributed by atoms with Gasteiger partial charge in [-0.15, -0.1) is 0 Å². The molecule has 0 N–H and O–H groups in total. The number of nitro benzene ring substituents is 2. The molecule has 0 aliphatic heterocycles. The van der Waals surface area contributed by atoms with Gasteiger partial charge in [0.2, 0.25) is 0 Å². The van der Waals surface area contributed by atoms with Crippen molar-refractivity contribution in [2.45, 2.75) is 13.3 Å². The van der Waals surface area contributed by atoms with Crippen LogP contribution in [0.4, 0.5) is 11.4 Å². The lowest BCUT2D eigenvalue weighted by Gasteiger charge is -2.11. The minimum Gasteiger partial charge on any atom is -0.462 e. The lowest BCUT2D eigenvalue weighted by atomic mass is 9.97. The molecule has 9 nitrogen and oxygen atoms in total. The van der Waals surface area contributed by atoms with Gasteiger partial charge in [0.25, 0.3) is 11.4 Å². The van der Waals surface area contributed by atoms with Crippen molar-refractivity contribution in [1.82, 2.24) is 0 Å². The number of ether oxygens (including phenoxy) is 1. The van der Waals surface area contributed by atoms with Gasteiger partial charge in [-0.3, -0.25) is 25.0 Å². The number of nitrogens with zero attached hydrogens (tertiary/aromatic N) is 2. The number of hydrogen-bond acceptors (Lipinski definition) is 7. The zero-order chi connectivity index (χ0) is 20.0. The molecule has 2 rings (SSSR count). The highest BCUT2D eigenvalue weighted by molar-refractivity contribution is 5.97. The van der Waals surface area contributed by atoms with Crippen LogP contribution in [-0.2, 0) is 4.74 Å². The Hall–Kier alpha value is -3.62. The van der Waals surface area contributed by atoms with Gasteiger partial charge >= 0.3 is 5.97 Å². The van der Waals surface area contributed by atoms with Crippen molar-refractivity contribution in [3.8, 4) is 0 Å². The second kappa shape index (κ2) is 8.65. The van der Waals surface area contributed by atoms with Gasteiger partial charge in [-0.05, 0) is 6.42 Å². The monoisotopic (exact) mass is 372 g/mol. The molecule has 0 aliphatic rings. The van der Waals surface area contributed by atoms with E-state index < -0.39 is 33.1 Å². The second-order valence-electron chi connectivity index (χ2n) is 5.81. The summed E-state index contributed by atoms with van der Waals surface area (Å²) in [6.07, 6.45) is 0.247. The molecule has 0 radical (unpaired) electrons. The summed E-state index contributed by atoms with van der Waals surface area (Å²) in [6.45, 7) is 1.59. The van der Waals surface area contributed by atoms with Gasteiger partial charge in [0.15, 0.2) is 5.78 Å². The van der Waals surface area contributed by atoms with E-state index in [-0.39, 0.29) is 24.4 Å². The Kier molecular flexibility index (Phi) is 6.32. The first kappa shape index (κ1) is 19.7. The molecule has 2 aromatic rings. The zero-order valence-corrected chi connectivity index (χ0v) is 14.4. The number of nitro groups is 2. The zero-order valence-electron chi connectivity index (χ0n) is 14.4. The number of esters is 1. The SMILES string of the molecule is C[C@@H](CCOC(=O)c1cc([N+](=O)[O-])cc([N+](=O)[O-])c1)C(=O)c1ccccc1. The number of hydrogen-bond donors (Lipinski definition) is 0. The largest absolute Gasteiger partial charge is 0.462 e. The number of carbonyl (C=O) groups excluding carboxylic acids is 2. The molecule has 0 saturated heterocycles. The molecule has 1 atom stereocenters. The number of carbonyl (C=O) groups is 2. The molecular formula is C18H16N2O7. The van der Waals surface area contributed by atoms with E-state index in [1.165, 1.54) is 0 Å². The normalized spacial score (nSPS) is 11.4. The maximum Gasteiger partial charge on any atom is 0.338 e. The molecule has 0 unspecified atom stereocenters. The fourth-order valence-corrected chi connectivity index (χ4v) is 2.35. The van der Waals surface area contributed by atoms with Crippen molar-refractivity contribution in [2.75, 3.05) is 6.61 Å². The molecule has 0 bridgehead atoms. The molecule has 0 fully saturated rings. The molecule has 2 aromatic carbocycles. The van der Waals surface area contributed by atoms with Crippen LogP contribution in [0.15, 0.2) is 48.5 Å². The summed E-state index contributed by atoms with van der Waals surface area (Å²) in [6, 6.07) is 11.2. The molecule has 0 heterocycles. The maximum atomic E-state index is 12.2. The van der Waals surface area contributed by atoms with E-state index in [1.54, 1.807) is 37.3 Å². The van der Waals surface area contributed by atoms with Crippen LogP contribution < -0.4 is 0 Å². The van der Waals surface area contributed by atoms with Crippen molar-refractivity contribution in [2.24, 2.45) is 5.92 Å². The van der Waals surface area contributed by atoms with E-state index in [1.807, 2.05) is 0 Å². The van der Waals surface area contributed by atoms with Gasteiger partial charge in [-0.25, -0.2) is 4.79 Å². The van der Waals surface area contributed by atoms with Crippen molar-refractivity contribution in [3.05, 3.63) is 79.9 Å². The third kappa shape index (κ3) is 5.18. The first-order valence-electron chi connectivity index (χ1n) is 8.00. The summed E-state index contributed by atoms with van der Waals surface area (Å²) in [7, 11) is 0. The molecule has 140 valence electrons. The van der Waals surface area contributed by atoms with Crippen LogP contribution in [0.1, 0.15) is 34.1 Å². The minimum atomic E-state index is -0.929. The summed E-state index contributed by atoms with van der Waals surface area (Å²) in [5.74, 6) is -1.43. The molecule has 0 saturated carbocycles.